The van der Waals surface area contributed by atoms with Gasteiger partial charge < -0.3 is 20.7 Å². The van der Waals surface area contributed by atoms with E-state index in [-0.39, 0.29) is 12.0 Å². The summed E-state index contributed by atoms with van der Waals surface area (Å²) >= 11 is 0. The van der Waals surface area contributed by atoms with Gasteiger partial charge >= 0.3 is 6.18 Å². The fourth-order valence-electron chi connectivity index (χ4n) is 3.36. The summed E-state index contributed by atoms with van der Waals surface area (Å²) in [5, 5.41) is 9.22. The fourth-order valence-corrected chi connectivity index (χ4v) is 3.36. The van der Waals surface area contributed by atoms with E-state index in [1.807, 2.05) is 24.3 Å². The van der Waals surface area contributed by atoms with Gasteiger partial charge in [0.2, 0.25) is 0 Å². The molecule has 1 saturated heterocycles. The summed E-state index contributed by atoms with van der Waals surface area (Å²) in [6.45, 7) is 1.62. The van der Waals surface area contributed by atoms with Gasteiger partial charge in [-0.25, -0.2) is 0 Å². The molecule has 1 heterocycles. The molecule has 0 aromatic heterocycles. The number of nitrogens with one attached hydrogen (secondary N) is 3. The number of alkyl halides is 3. The summed E-state index contributed by atoms with van der Waals surface area (Å²) in [7, 11) is 1.64. The Morgan fingerprint density at radius 3 is 2.56 bits per heavy atom. The van der Waals surface area contributed by atoms with Gasteiger partial charge in [0.1, 0.15) is 6.10 Å². The molecule has 6 nitrogen and oxygen atoms in total. The topological polar surface area (TPSA) is 74.8 Å². The number of rotatable bonds is 7. The molecule has 3 rings (SSSR count). The van der Waals surface area contributed by atoms with Gasteiger partial charge in [-0.15, -0.1) is 0 Å². The van der Waals surface area contributed by atoms with Crippen molar-refractivity contribution in [2.45, 2.75) is 38.1 Å². The maximum absolute atomic E-state index is 12.6. The zero-order chi connectivity index (χ0) is 23.0. The smallest absolute Gasteiger partial charge is 0.368 e. The number of benzene rings is 2. The van der Waals surface area contributed by atoms with Crippen molar-refractivity contribution in [3.05, 3.63) is 65.2 Å². The minimum absolute atomic E-state index is 0.131. The van der Waals surface area contributed by atoms with Crippen molar-refractivity contribution in [2.24, 2.45) is 4.99 Å². The third-order valence-corrected chi connectivity index (χ3v) is 5.09. The molecule has 0 aliphatic carbocycles. The monoisotopic (exact) mass is 448 g/mol. The molecule has 2 aromatic rings. The highest BCUT2D eigenvalue weighted by Gasteiger charge is 2.29. The van der Waals surface area contributed by atoms with Crippen LogP contribution in [0.3, 0.4) is 0 Å². The lowest BCUT2D eigenvalue weighted by Crippen LogP contribution is -2.37. The molecule has 1 unspecified atom stereocenters. The number of carbonyl (C=O) groups is 1. The Bertz CT molecular complexity index is 924. The summed E-state index contributed by atoms with van der Waals surface area (Å²) in [4.78, 5) is 16.4. The summed E-state index contributed by atoms with van der Waals surface area (Å²) < 4.78 is 43.3. The van der Waals surface area contributed by atoms with Crippen LogP contribution in [-0.4, -0.2) is 38.2 Å². The van der Waals surface area contributed by atoms with E-state index in [4.69, 9.17) is 4.74 Å². The van der Waals surface area contributed by atoms with Gasteiger partial charge in [0.15, 0.2) is 5.96 Å². The van der Waals surface area contributed by atoms with Crippen LogP contribution >= 0.6 is 0 Å². The highest BCUT2D eigenvalue weighted by Crippen LogP contribution is 2.29. The second kappa shape index (κ2) is 11.0. The van der Waals surface area contributed by atoms with E-state index in [1.54, 1.807) is 7.05 Å². The number of nitrogens with zero attached hydrogens (tertiary/aromatic N) is 1. The van der Waals surface area contributed by atoms with E-state index < -0.39 is 11.7 Å². The van der Waals surface area contributed by atoms with Crippen LogP contribution in [0, 0.1) is 0 Å². The van der Waals surface area contributed by atoms with Gasteiger partial charge in [0, 0.05) is 32.4 Å². The summed E-state index contributed by atoms with van der Waals surface area (Å²) in [6.07, 6.45) is -2.52. The number of hydrogen-bond donors (Lipinski definition) is 3. The third kappa shape index (κ3) is 6.98. The first-order valence-corrected chi connectivity index (χ1v) is 10.5. The van der Waals surface area contributed by atoms with E-state index in [9.17, 15) is 18.0 Å². The molecule has 172 valence electrons. The van der Waals surface area contributed by atoms with Gasteiger partial charge in [-0.05, 0) is 54.7 Å². The van der Waals surface area contributed by atoms with E-state index >= 15 is 0 Å². The van der Waals surface area contributed by atoms with Gasteiger partial charge in [-0.3, -0.25) is 9.79 Å². The number of guanidine groups is 1. The molecule has 1 aliphatic rings. The first-order chi connectivity index (χ1) is 15.3. The minimum Gasteiger partial charge on any atom is -0.368 e. The highest BCUT2D eigenvalue weighted by atomic mass is 19.4. The van der Waals surface area contributed by atoms with Gasteiger partial charge in [0.05, 0.1) is 5.56 Å². The van der Waals surface area contributed by atoms with E-state index in [0.29, 0.717) is 37.8 Å². The highest BCUT2D eigenvalue weighted by molar-refractivity contribution is 5.94. The predicted octanol–water partition coefficient (Wildman–Crippen LogP) is 3.73. The third-order valence-electron chi connectivity index (χ3n) is 5.09. The lowest BCUT2D eigenvalue weighted by Gasteiger charge is -2.14. The average molecular weight is 448 g/mol. The molecule has 0 spiro atoms. The van der Waals surface area contributed by atoms with Crippen molar-refractivity contribution in [1.82, 2.24) is 10.6 Å². The first kappa shape index (κ1) is 23.6. The lowest BCUT2D eigenvalue weighted by molar-refractivity contribution is -0.137. The molecule has 9 heteroatoms. The fraction of sp³-hybridized carbons (Fsp3) is 0.391. The van der Waals surface area contributed by atoms with Crippen LogP contribution in [0.1, 0.15) is 29.5 Å². The molecule has 0 bridgehead atoms. The van der Waals surface area contributed by atoms with E-state index in [0.717, 1.165) is 36.1 Å². The Morgan fingerprint density at radius 1 is 1.12 bits per heavy atom. The number of carbonyl (C=O) groups excluding carboxylic acids is 1. The van der Waals surface area contributed by atoms with Crippen molar-refractivity contribution >= 4 is 17.6 Å². The Morgan fingerprint density at radius 2 is 1.91 bits per heavy atom. The molecular weight excluding hydrogens is 421 g/mol. The van der Waals surface area contributed by atoms with E-state index in [1.165, 1.54) is 12.1 Å². The Kier molecular flexibility index (Phi) is 8.10. The molecule has 1 amide bonds. The van der Waals surface area contributed by atoms with Crippen molar-refractivity contribution in [2.75, 3.05) is 25.5 Å². The number of amides is 1. The molecule has 1 fully saturated rings. The molecule has 32 heavy (non-hydrogen) atoms. The first-order valence-electron chi connectivity index (χ1n) is 10.5. The molecule has 1 atom stereocenters. The summed E-state index contributed by atoms with van der Waals surface area (Å²) in [5.74, 6) is 0.444. The second-order valence-electron chi connectivity index (χ2n) is 7.49. The normalized spacial score (nSPS) is 16.6. The number of ether oxygens (including phenoxy) is 1. The van der Waals surface area contributed by atoms with Crippen molar-refractivity contribution in [1.29, 1.82) is 0 Å². The van der Waals surface area contributed by atoms with Crippen LogP contribution in [-0.2, 0) is 28.7 Å². The number of hydrogen-bond acceptors (Lipinski definition) is 3. The van der Waals surface area contributed by atoms with Crippen molar-refractivity contribution in [3.8, 4) is 0 Å². The quantitative estimate of drug-likeness (QED) is 0.446. The van der Waals surface area contributed by atoms with Crippen LogP contribution in [0.4, 0.5) is 18.9 Å². The van der Waals surface area contributed by atoms with Crippen LogP contribution in [0.5, 0.6) is 0 Å². The maximum Gasteiger partial charge on any atom is 0.416 e. The number of halogens is 3. The van der Waals surface area contributed by atoms with Gasteiger partial charge in [-0.1, -0.05) is 24.3 Å². The van der Waals surface area contributed by atoms with Crippen LogP contribution in [0.2, 0.25) is 0 Å². The molecular formula is C23H27F3N4O2. The zero-order valence-electron chi connectivity index (χ0n) is 17.8. The predicted molar refractivity (Wildman–Crippen MR) is 117 cm³/mol. The zero-order valence-corrected chi connectivity index (χ0v) is 17.8. The molecule has 1 aliphatic heterocycles. The SMILES string of the molecule is CN=C(NCCc1ccc(C(F)(F)F)cc1)NCc1cccc(NC(=O)C2CCCO2)c1. The average Bonchev–Trinajstić information content (AvgIpc) is 3.31. The molecule has 0 radical (unpaired) electrons. The van der Waals surface area contributed by atoms with Crippen LogP contribution < -0.4 is 16.0 Å². The standard InChI is InChI=1S/C23H27F3N4O2/c1-27-22(28-12-11-16-7-9-18(10-8-16)23(24,25)26)29-15-17-4-2-5-19(14-17)30-21(31)20-6-3-13-32-20/h2,4-5,7-10,14,20H,3,6,11-13,15H2,1H3,(H,30,31)(H2,27,28,29). The number of anilines is 1. The summed E-state index contributed by atoms with van der Waals surface area (Å²) in [6, 6.07) is 12.7. The van der Waals surface area contributed by atoms with Gasteiger partial charge in [-0.2, -0.15) is 13.2 Å². The lowest BCUT2D eigenvalue weighted by atomic mass is 10.1. The Balaban J connectivity index is 1.44. The minimum atomic E-state index is -4.33. The van der Waals surface area contributed by atoms with Crippen molar-refractivity contribution in [3.63, 3.8) is 0 Å². The second-order valence-corrected chi connectivity index (χ2v) is 7.49. The molecule has 2 aromatic carbocycles. The Labute approximate surface area is 185 Å². The number of aliphatic imine (C=N–C) groups is 1. The van der Waals surface area contributed by atoms with Crippen LogP contribution in [0.25, 0.3) is 0 Å². The molecule has 3 N–H and O–H groups in total. The van der Waals surface area contributed by atoms with Crippen LogP contribution in [0.15, 0.2) is 53.5 Å². The van der Waals surface area contributed by atoms with E-state index in [2.05, 4.69) is 20.9 Å². The largest absolute Gasteiger partial charge is 0.416 e. The Hall–Kier alpha value is -3.07. The summed E-state index contributed by atoms with van der Waals surface area (Å²) in [5.41, 5.74) is 1.81. The maximum atomic E-state index is 12.6. The molecule has 0 saturated carbocycles. The van der Waals surface area contributed by atoms with Crippen molar-refractivity contribution < 1.29 is 22.7 Å². The van der Waals surface area contributed by atoms with Gasteiger partial charge in [0.25, 0.3) is 5.91 Å².